The standard InChI is InChI=1S/C11H11N5O3/c1-16-10(13-14-15-16)5-12-11(17)7-2-3-8-9(4-7)19-6-18-8/h2-4H,5-6H2,1H3,(H,12,17). The second-order valence-corrected chi connectivity index (χ2v) is 3.97. The number of aromatic nitrogens is 4. The largest absolute Gasteiger partial charge is 0.454 e. The third kappa shape index (κ3) is 2.19. The van der Waals surface area contributed by atoms with Crippen LogP contribution in [0.5, 0.6) is 11.5 Å². The van der Waals surface area contributed by atoms with Crippen molar-refractivity contribution < 1.29 is 14.3 Å². The van der Waals surface area contributed by atoms with Crippen molar-refractivity contribution in [2.24, 2.45) is 7.05 Å². The van der Waals surface area contributed by atoms with Crippen molar-refractivity contribution in [1.82, 2.24) is 25.5 Å². The lowest BCUT2D eigenvalue weighted by atomic mass is 10.2. The third-order valence-corrected chi connectivity index (χ3v) is 2.75. The summed E-state index contributed by atoms with van der Waals surface area (Å²) in [6, 6.07) is 5.03. The van der Waals surface area contributed by atoms with E-state index in [-0.39, 0.29) is 19.2 Å². The van der Waals surface area contributed by atoms with Gasteiger partial charge in [-0.3, -0.25) is 4.79 Å². The van der Waals surface area contributed by atoms with Crippen LogP contribution in [0.3, 0.4) is 0 Å². The van der Waals surface area contributed by atoms with Gasteiger partial charge in [0.25, 0.3) is 5.91 Å². The minimum absolute atomic E-state index is 0.186. The van der Waals surface area contributed by atoms with Crippen LogP contribution in [0.25, 0.3) is 0 Å². The zero-order chi connectivity index (χ0) is 13.2. The molecule has 0 radical (unpaired) electrons. The number of hydrogen-bond acceptors (Lipinski definition) is 6. The monoisotopic (exact) mass is 261 g/mol. The molecule has 0 spiro atoms. The summed E-state index contributed by atoms with van der Waals surface area (Å²) in [5, 5.41) is 13.7. The third-order valence-electron chi connectivity index (χ3n) is 2.75. The molecule has 2 aromatic rings. The van der Waals surface area contributed by atoms with Crippen LogP contribution in [-0.4, -0.2) is 32.9 Å². The van der Waals surface area contributed by atoms with Crippen molar-refractivity contribution in [1.29, 1.82) is 0 Å². The smallest absolute Gasteiger partial charge is 0.251 e. The van der Waals surface area contributed by atoms with E-state index in [1.54, 1.807) is 25.2 Å². The highest BCUT2D eigenvalue weighted by Crippen LogP contribution is 2.32. The molecule has 1 amide bonds. The molecule has 0 unspecified atom stereocenters. The number of carbonyl (C=O) groups excluding carboxylic acids is 1. The summed E-state index contributed by atoms with van der Waals surface area (Å²) in [5.41, 5.74) is 0.499. The van der Waals surface area contributed by atoms with Gasteiger partial charge in [-0.15, -0.1) is 5.10 Å². The van der Waals surface area contributed by atoms with Gasteiger partial charge in [0, 0.05) is 12.6 Å². The SMILES string of the molecule is Cn1nnnc1CNC(=O)c1ccc2c(c1)OCO2. The number of aryl methyl sites for hydroxylation is 1. The van der Waals surface area contributed by atoms with E-state index in [1.807, 2.05) is 0 Å². The first-order valence-corrected chi connectivity index (χ1v) is 5.63. The van der Waals surface area contributed by atoms with Gasteiger partial charge in [-0.05, 0) is 28.6 Å². The van der Waals surface area contributed by atoms with E-state index in [2.05, 4.69) is 20.8 Å². The number of fused-ring (bicyclic) bond motifs is 1. The van der Waals surface area contributed by atoms with Crippen LogP contribution in [0.4, 0.5) is 0 Å². The highest BCUT2D eigenvalue weighted by molar-refractivity contribution is 5.94. The molecule has 0 bridgehead atoms. The Morgan fingerprint density at radius 2 is 2.26 bits per heavy atom. The summed E-state index contributed by atoms with van der Waals surface area (Å²) in [6.07, 6.45) is 0. The summed E-state index contributed by atoms with van der Waals surface area (Å²) in [6.45, 7) is 0.446. The van der Waals surface area contributed by atoms with Crippen LogP contribution in [-0.2, 0) is 13.6 Å². The zero-order valence-corrected chi connectivity index (χ0v) is 10.2. The maximum atomic E-state index is 12.0. The van der Waals surface area contributed by atoms with E-state index in [0.29, 0.717) is 22.9 Å². The molecule has 1 aromatic carbocycles. The highest BCUT2D eigenvalue weighted by atomic mass is 16.7. The molecule has 1 aliphatic heterocycles. The van der Waals surface area contributed by atoms with Gasteiger partial charge in [-0.25, -0.2) is 4.68 Å². The van der Waals surface area contributed by atoms with Crippen LogP contribution in [0.2, 0.25) is 0 Å². The Balaban J connectivity index is 1.69. The number of ether oxygens (including phenoxy) is 2. The van der Waals surface area contributed by atoms with E-state index in [4.69, 9.17) is 9.47 Å². The van der Waals surface area contributed by atoms with Crippen LogP contribution in [0.1, 0.15) is 16.2 Å². The normalized spacial score (nSPS) is 12.5. The minimum Gasteiger partial charge on any atom is -0.454 e. The molecule has 19 heavy (non-hydrogen) atoms. The van der Waals surface area contributed by atoms with Crippen LogP contribution in [0.15, 0.2) is 18.2 Å². The Labute approximate surface area is 108 Å². The molecule has 2 heterocycles. The van der Waals surface area contributed by atoms with Gasteiger partial charge in [-0.2, -0.15) is 0 Å². The number of benzene rings is 1. The van der Waals surface area contributed by atoms with Crippen molar-refractivity contribution in [3.8, 4) is 11.5 Å². The summed E-state index contributed by atoms with van der Waals surface area (Å²) in [4.78, 5) is 12.0. The summed E-state index contributed by atoms with van der Waals surface area (Å²) in [5.74, 6) is 1.58. The first kappa shape index (κ1) is 11.5. The number of rotatable bonds is 3. The molecule has 8 heteroatoms. The Morgan fingerprint density at radius 3 is 3.05 bits per heavy atom. The molecule has 3 rings (SSSR count). The average Bonchev–Trinajstić information content (AvgIpc) is 3.03. The van der Waals surface area contributed by atoms with Crippen molar-refractivity contribution in [2.75, 3.05) is 6.79 Å². The van der Waals surface area contributed by atoms with Crippen LogP contribution < -0.4 is 14.8 Å². The van der Waals surface area contributed by atoms with Gasteiger partial charge < -0.3 is 14.8 Å². The zero-order valence-electron chi connectivity index (χ0n) is 10.2. The molecule has 98 valence electrons. The first-order valence-electron chi connectivity index (χ1n) is 5.63. The first-order chi connectivity index (χ1) is 9.24. The van der Waals surface area contributed by atoms with Gasteiger partial charge in [0.15, 0.2) is 17.3 Å². The number of tetrazole rings is 1. The van der Waals surface area contributed by atoms with Crippen molar-refractivity contribution in [3.63, 3.8) is 0 Å². The molecule has 1 N–H and O–H groups in total. The lowest BCUT2D eigenvalue weighted by Crippen LogP contribution is -2.24. The molecular weight excluding hydrogens is 250 g/mol. The molecule has 0 saturated carbocycles. The number of hydrogen-bond donors (Lipinski definition) is 1. The predicted molar refractivity (Wildman–Crippen MR) is 62.5 cm³/mol. The molecule has 0 aliphatic carbocycles. The number of amides is 1. The second-order valence-electron chi connectivity index (χ2n) is 3.97. The Kier molecular flexibility index (Phi) is 2.75. The van der Waals surface area contributed by atoms with E-state index in [9.17, 15) is 4.79 Å². The maximum absolute atomic E-state index is 12.0. The minimum atomic E-state index is -0.221. The van der Waals surface area contributed by atoms with E-state index >= 15 is 0 Å². The molecular formula is C11H11N5O3. The molecule has 1 aromatic heterocycles. The van der Waals surface area contributed by atoms with Crippen molar-refractivity contribution in [2.45, 2.75) is 6.54 Å². The quantitative estimate of drug-likeness (QED) is 0.827. The molecule has 0 atom stereocenters. The Hall–Kier alpha value is -2.64. The molecule has 8 nitrogen and oxygen atoms in total. The predicted octanol–water partition coefficient (Wildman–Crippen LogP) is -0.131. The fraction of sp³-hybridized carbons (Fsp3) is 0.273. The number of carbonyl (C=O) groups is 1. The van der Waals surface area contributed by atoms with E-state index < -0.39 is 0 Å². The second kappa shape index (κ2) is 4.56. The van der Waals surface area contributed by atoms with E-state index in [1.165, 1.54) is 4.68 Å². The van der Waals surface area contributed by atoms with Gasteiger partial charge in [0.2, 0.25) is 6.79 Å². The maximum Gasteiger partial charge on any atom is 0.251 e. The molecule has 1 aliphatic rings. The number of nitrogens with zero attached hydrogens (tertiary/aromatic N) is 4. The van der Waals surface area contributed by atoms with Gasteiger partial charge in [0.1, 0.15) is 0 Å². The van der Waals surface area contributed by atoms with Crippen LogP contribution >= 0.6 is 0 Å². The number of nitrogens with one attached hydrogen (secondary N) is 1. The molecule has 0 saturated heterocycles. The van der Waals surface area contributed by atoms with E-state index in [0.717, 1.165) is 0 Å². The fourth-order valence-corrected chi connectivity index (χ4v) is 1.70. The van der Waals surface area contributed by atoms with Gasteiger partial charge in [-0.1, -0.05) is 0 Å². The average molecular weight is 261 g/mol. The van der Waals surface area contributed by atoms with Crippen LogP contribution in [0, 0.1) is 0 Å². The summed E-state index contributed by atoms with van der Waals surface area (Å²) in [7, 11) is 1.71. The topological polar surface area (TPSA) is 91.2 Å². The molecule has 0 fully saturated rings. The summed E-state index contributed by atoms with van der Waals surface area (Å²) < 4.78 is 11.9. The lowest BCUT2D eigenvalue weighted by molar-refractivity contribution is 0.0949. The fourth-order valence-electron chi connectivity index (χ4n) is 1.70. The van der Waals surface area contributed by atoms with Gasteiger partial charge >= 0.3 is 0 Å². The van der Waals surface area contributed by atoms with Gasteiger partial charge in [0.05, 0.1) is 6.54 Å². The Bertz CT molecular complexity index is 625. The highest BCUT2D eigenvalue weighted by Gasteiger charge is 2.16. The van der Waals surface area contributed by atoms with Crippen molar-refractivity contribution in [3.05, 3.63) is 29.6 Å². The lowest BCUT2D eigenvalue weighted by Gasteiger charge is -2.04. The van der Waals surface area contributed by atoms with Crippen molar-refractivity contribution >= 4 is 5.91 Å². The Morgan fingerprint density at radius 1 is 1.42 bits per heavy atom. The summed E-state index contributed by atoms with van der Waals surface area (Å²) >= 11 is 0.